The van der Waals surface area contributed by atoms with E-state index in [4.69, 9.17) is 9.47 Å². The van der Waals surface area contributed by atoms with Crippen molar-refractivity contribution >= 4 is 35.1 Å². The van der Waals surface area contributed by atoms with Crippen LogP contribution in [0.25, 0.3) is 0 Å². The van der Waals surface area contributed by atoms with E-state index in [2.05, 4.69) is 16.0 Å². The third kappa shape index (κ3) is 7.43. The van der Waals surface area contributed by atoms with Gasteiger partial charge in [-0.3, -0.25) is 19.2 Å². The maximum Gasteiger partial charge on any atom is 0.325 e. The molecule has 3 aromatic rings. The van der Waals surface area contributed by atoms with E-state index in [1.165, 1.54) is 7.11 Å². The Morgan fingerprint density at radius 3 is 2.26 bits per heavy atom. The van der Waals surface area contributed by atoms with Gasteiger partial charge in [-0.2, -0.15) is 0 Å². The smallest absolute Gasteiger partial charge is 0.325 e. The fraction of sp³-hybridized carbons (Fsp3) is 0.154. The molecule has 180 valence electrons. The molecule has 0 saturated carbocycles. The number of esters is 1. The summed E-state index contributed by atoms with van der Waals surface area (Å²) in [7, 11) is 1.52. The van der Waals surface area contributed by atoms with Gasteiger partial charge in [0.15, 0.2) is 6.61 Å². The number of para-hydroxylation sites is 2. The van der Waals surface area contributed by atoms with Gasteiger partial charge in [0.05, 0.1) is 12.8 Å². The number of carbonyl (C=O) groups is 4. The van der Waals surface area contributed by atoms with Crippen molar-refractivity contribution < 1.29 is 28.7 Å². The second-order valence-corrected chi connectivity index (χ2v) is 7.49. The molecule has 0 fully saturated rings. The lowest BCUT2D eigenvalue weighted by atomic mass is 10.1. The van der Waals surface area contributed by atoms with Gasteiger partial charge >= 0.3 is 5.97 Å². The van der Waals surface area contributed by atoms with Crippen molar-refractivity contribution in [3.63, 3.8) is 0 Å². The Balaban J connectivity index is 1.43. The number of hydrogen-bond acceptors (Lipinski definition) is 6. The molecule has 3 N–H and O–H groups in total. The molecular formula is C26H25N3O6. The lowest BCUT2D eigenvalue weighted by molar-refractivity contribution is -0.146. The summed E-state index contributed by atoms with van der Waals surface area (Å²) in [4.78, 5) is 48.4. The molecule has 0 aliphatic carbocycles. The number of carbonyl (C=O) groups excluding carboxylic acids is 4. The average Bonchev–Trinajstić information content (AvgIpc) is 2.86. The predicted molar refractivity (Wildman–Crippen MR) is 130 cm³/mol. The van der Waals surface area contributed by atoms with Gasteiger partial charge in [0.2, 0.25) is 0 Å². The summed E-state index contributed by atoms with van der Waals surface area (Å²) in [5, 5.41) is 7.79. The number of rotatable bonds is 9. The van der Waals surface area contributed by atoms with Gasteiger partial charge in [-0.15, -0.1) is 0 Å². The average molecular weight is 476 g/mol. The van der Waals surface area contributed by atoms with Gasteiger partial charge < -0.3 is 25.4 Å². The van der Waals surface area contributed by atoms with Gasteiger partial charge in [-0.25, -0.2) is 0 Å². The molecule has 0 aromatic heterocycles. The van der Waals surface area contributed by atoms with Crippen molar-refractivity contribution in [2.75, 3.05) is 30.9 Å². The fourth-order valence-electron chi connectivity index (χ4n) is 3.08. The van der Waals surface area contributed by atoms with Crippen LogP contribution in [0.15, 0.2) is 72.8 Å². The molecule has 9 nitrogen and oxygen atoms in total. The van der Waals surface area contributed by atoms with E-state index in [1.807, 2.05) is 13.0 Å². The van der Waals surface area contributed by atoms with Crippen molar-refractivity contribution in [1.29, 1.82) is 0 Å². The molecule has 0 heterocycles. The van der Waals surface area contributed by atoms with Crippen molar-refractivity contribution in [2.45, 2.75) is 6.92 Å². The normalized spacial score (nSPS) is 10.1. The predicted octanol–water partition coefficient (Wildman–Crippen LogP) is 3.17. The van der Waals surface area contributed by atoms with Crippen LogP contribution in [0.1, 0.15) is 26.3 Å². The summed E-state index contributed by atoms with van der Waals surface area (Å²) in [5.74, 6) is -1.52. The van der Waals surface area contributed by atoms with E-state index in [-0.39, 0.29) is 12.5 Å². The zero-order chi connectivity index (χ0) is 25.2. The zero-order valence-corrected chi connectivity index (χ0v) is 19.3. The third-order valence-electron chi connectivity index (χ3n) is 4.82. The maximum atomic E-state index is 12.5. The number of aryl methyl sites for hydroxylation is 1. The standard InChI is InChI=1S/C26H25N3O6/c1-17-6-5-7-19(14-17)25(32)27-15-24(31)35-16-23(30)28-20-12-10-18(11-13-20)26(33)29-21-8-3-4-9-22(21)34-2/h3-14H,15-16H2,1-2H3,(H,27,32)(H,28,30)(H,29,33). The van der Waals surface area contributed by atoms with Crippen LogP contribution in [0.3, 0.4) is 0 Å². The topological polar surface area (TPSA) is 123 Å². The minimum Gasteiger partial charge on any atom is -0.495 e. The van der Waals surface area contributed by atoms with Gasteiger partial charge in [0, 0.05) is 16.8 Å². The highest BCUT2D eigenvalue weighted by molar-refractivity contribution is 6.05. The highest BCUT2D eigenvalue weighted by Gasteiger charge is 2.12. The Hall–Kier alpha value is -4.66. The summed E-state index contributed by atoms with van der Waals surface area (Å²) in [6.07, 6.45) is 0. The zero-order valence-electron chi connectivity index (χ0n) is 19.3. The quantitative estimate of drug-likeness (QED) is 0.409. The largest absolute Gasteiger partial charge is 0.495 e. The van der Waals surface area contributed by atoms with Crippen molar-refractivity contribution in [3.05, 3.63) is 89.5 Å². The summed E-state index contributed by atoms with van der Waals surface area (Å²) >= 11 is 0. The molecule has 0 aliphatic heterocycles. The first kappa shape index (κ1) is 25.0. The lowest BCUT2D eigenvalue weighted by Gasteiger charge is -2.10. The summed E-state index contributed by atoms with van der Waals surface area (Å²) < 4.78 is 10.1. The monoisotopic (exact) mass is 475 g/mol. The minimum atomic E-state index is -0.746. The molecule has 0 bridgehead atoms. The number of methoxy groups -OCH3 is 1. The number of hydrogen-bond donors (Lipinski definition) is 3. The lowest BCUT2D eigenvalue weighted by Crippen LogP contribution is -2.32. The molecule has 0 radical (unpaired) electrons. The number of ether oxygens (including phenoxy) is 2. The minimum absolute atomic E-state index is 0.339. The molecule has 0 atom stereocenters. The van der Waals surface area contributed by atoms with Gasteiger partial charge in [0.25, 0.3) is 17.7 Å². The first-order valence-electron chi connectivity index (χ1n) is 10.7. The van der Waals surface area contributed by atoms with E-state index in [1.54, 1.807) is 66.7 Å². The summed E-state index contributed by atoms with van der Waals surface area (Å²) in [6.45, 7) is 0.972. The van der Waals surface area contributed by atoms with Crippen LogP contribution < -0.4 is 20.7 Å². The number of amides is 3. The fourth-order valence-corrected chi connectivity index (χ4v) is 3.08. The Morgan fingerprint density at radius 2 is 1.54 bits per heavy atom. The van der Waals surface area contributed by atoms with Crippen LogP contribution in [0.2, 0.25) is 0 Å². The molecule has 3 aromatic carbocycles. The molecule has 35 heavy (non-hydrogen) atoms. The first-order chi connectivity index (χ1) is 16.9. The molecule has 3 amide bonds. The molecule has 3 rings (SSSR count). The van der Waals surface area contributed by atoms with Crippen LogP contribution >= 0.6 is 0 Å². The summed E-state index contributed by atoms with van der Waals surface area (Å²) in [5.41, 5.74) is 2.68. The molecule has 9 heteroatoms. The number of nitrogens with one attached hydrogen (secondary N) is 3. The Bertz CT molecular complexity index is 1220. The highest BCUT2D eigenvalue weighted by atomic mass is 16.5. The second-order valence-electron chi connectivity index (χ2n) is 7.49. The Labute approximate surface area is 202 Å². The molecule has 0 spiro atoms. The Kier molecular flexibility index (Phi) is 8.55. The maximum absolute atomic E-state index is 12.5. The van der Waals surface area contributed by atoms with Crippen LogP contribution in [-0.4, -0.2) is 44.0 Å². The summed E-state index contributed by atoms with van der Waals surface area (Å²) in [6, 6.07) is 20.2. The highest BCUT2D eigenvalue weighted by Crippen LogP contribution is 2.23. The van der Waals surface area contributed by atoms with Crippen molar-refractivity contribution in [3.8, 4) is 5.75 Å². The van der Waals surface area contributed by atoms with Crippen LogP contribution in [0.5, 0.6) is 5.75 Å². The van der Waals surface area contributed by atoms with E-state index in [0.717, 1.165) is 5.56 Å². The first-order valence-corrected chi connectivity index (χ1v) is 10.7. The third-order valence-corrected chi connectivity index (χ3v) is 4.82. The molecule has 0 unspecified atom stereocenters. The number of benzene rings is 3. The van der Waals surface area contributed by atoms with Crippen LogP contribution in [-0.2, 0) is 14.3 Å². The van der Waals surface area contributed by atoms with Crippen LogP contribution in [0, 0.1) is 6.92 Å². The SMILES string of the molecule is COc1ccccc1NC(=O)c1ccc(NC(=O)COC(=O)CNC(=O)c2cccc(C)c2)cc1. The van der Waals surface area contributed by atoms with E-state index < -0.39 is 24.4 Å². The van der Waals surface area contributed by atoms with E-state index in [9.17, 15) is 19.2 Å². The van der Waals surface area contributed by atoms with Crippen LogP contribution in [0.4, 0.5) is 11.4 Å². The van der Waals surface area contributed by atoms with E-state index in [0.29, 0.717) is 28.3 Å². The van der Waals surface area contributed by atoms with Gasteiger partial charge in [-0.05, 0) is 55.5 Å². The second kappa shape index (κ2) is 12.0. The molecular weight excluding hydrogens is 450 g/mol. The van der Waals surface area contributed by atoms with Gasteiger partial charge in [0.1, 0.15) is 12.3 Å². The van der Waals surface area contributed by atoms with Crippen molar-refractivity contribution in [1.82, 2.24) is 5.32 Å². The molecule has 0 saturated heterocycles. The van der Waals surface area contributed by atoms with Crippen molar-refractivity contribution in [2.24, 2.45) is 0 Å². The van der Waals surface area contributed by atoms with Gasteiger partial charge in [-0.1, -0.05) is 29.8 Å². The molecule has 0 aliphatic rings. The Morgan fingerprint density at radius 1 is 0.800 bits per heavy atom. The number of anilines is 2. The van der Waals surface area contributed by atoms with E-state index >= 15 is 0 Å².